The van der Waals surface area contributed by atoms with Gasteiger partial charge in [0, 0.05) is 18.8 Å². The van der Waals surface area contributed by atoms with Gasteiger partial charge in [0.2, 0.25) is 12.2 Å². The number of benzene rings is 1. The van der Waals surface area contributed by atoms with Gasteiger partial charge in [-0.05, 0) is 73.1 Å². The minimum absolute atomic E-state index is 0.145. The summed E-state index contributed by atoms with van der Waals surface area (Å²) >= 11 is 0. The molecular weight excluding hydrogens is 438 g/mol. The summed E-state index contributed by atoms with van der Waals surface area (Å²) in [5.74, 6) is 2.07. The summed E-state index contributed by atoms with van der Waals surface area (Å²) in [6.45, 7) is 3.01. The van der Waals surface area contributed by atoms with Crippen LogP contribution in [0.5, 0.6) is 5.75 Å². The Morgan fingerprint density at radius 1 is 1.21 bits per heavy atom. The number of aryl methyl sites for hydroxylation is 1. The van der Waals surface area contributed by atoms with Crippen molar-refractivity contribution in [1.29, 1.82) is 0 Å². The van der Waals surface area contributed by atoms with Crippen molar-refractivity contribution in [3.63, 3.8) is 0 Å². The molecule has 8 heteroatoms. The summed E-state index contributed by atoms with van der Waals surface area (Å²) < 4.78 is 11.8. The smallest absolute Gasteiger partial charge is 0.223 e. The van der Waals surface area contributed by atoms with Crippen LogP contribution in [-0.4, -0.2) is 64.3 Å². The highest BCUT2D eigenvalue weighted by atomic mass is 16.7. The Morgan fingerprint density at radius 2 is 2.00 bits per heavy atom. The molecular formula is C26H35NO7. The van der Waals surface area contributed by atoms with E-state index in [1.54, 1.807) is 0 Å². The normalized spacial score (nSPS) is 41.3. The summed E-state index contributed by atoms with van der Waals surface area (Å²) in [7, 11) is 0. The minimum atomic E-state index is -1.35. The second-order valence-corrected chi connectivity index (χ2v) is 10.7. The lowest BCUT2D eigenvalue weighted by Gasteiger charge is -2.48. The molecule has 1 heterocycles. The third kappa shape index (κ3) is 3.85. The third-order valence-corrected chi connectivity index (χ3v) is 8.91. The molecule has 0 radical (unpaired) electrons. The van der Waals surface area contributed by atoms with Crippen molar-refractivity contribution in [2.24, 2.45) is 17.3 Å². The van der Waals surface area contributed by atoms with Gasteiger partial charge in [0.1, 0.15) is 35.9 Å². The highest BCUT2D eigenvalue weighted by Crippen LogP contribution is 2.59. The Morgan fingerprint density at radius 3 is 2.74 bits per heavy atom. The van der Waals surface area contributed by atoms with Crippen LogP contribution < -0.4 is 10.1 Å². The maximum atomic E-state index is 12.6. The maximum absolute atomic E-state index is 12.6. The van der Waals surface area contributed by atoms with Crippen LogP contribution in [0.1, 0.15) is 63.0 Å². The number of nitrogens with one attached hydrogen (secondary N) is 1. The van der Waals surface area contributed by atoms with Gasteiger partial charge in [-0.2, -0.15) is 0 Å². The highest BCUT2D eigenvalue weighted by molar-refractivity contribution is 5.87. The number of carbonyl (C=O) groups is 2. The summed E-state index contributed by atoms with van der Waals surface area (Å²) in [6, 6.07) is 5.01. The zero-order chi connectivity index (χ0) is 24.2. The second-order valence-electron chi connectivity index (χ2n) is 10.7. The monoisotopic (exact) mass is 473 g/mol. The molecule has 1 aliphatic heterocycles. The average molecular weight is 474 g/mol. The number of rotatable bonds is 4. The molecule has 8 nitrogen and oxygen atoms in total. The van der Waals surface area contributed by atoms with Gasteiger partial charge < -0.3 is 30.1 Å². The van der Waals surface area contributed by atoms with E-state index in [-0.39, 0.29) is 11.3 Å². The first-order valence-electron chi connectivity index (χ1n) is 12.4. The molecule has 4 N–H and O–H groups in total. The van der Waals surface area contributed by atoms with Crippen molar-refractivity contribution in [2.75, 3.05) is 6.61 Å². The first-order chi connectivity index (χ1) is 16.2. The number of hydrogen-bond acceptors (Lipinski definition) is 7. The Kier molecular flexibility index (Phi) is 6.21. The predicted octanol–water partition coefficient (Wildman–Crippen LogP) is 1.43. The zero-order valence-corrected chi connectivity index (χ0v) is 19.8. The first kappa shape index (κ1) is 23.7. The minimum Gasteiger partial charge on any atom is -0.463 e. The molecule has 3 aliphatic carbocycles. The fraction of sp³-hybridized carbons (Fsp3) is 0.692. The lowest BCUT2D eigenvalue weighted by Crippen LogP contribution is -2.65. The Balaban J connectivity index is 1.36. The van der Waals surface area contributed by atoms with Crippen molar-refractivity contribution in [3.8, 4) is 5.75 Å². The van der Waals surface area contributed by atoms with Crippen molar-refractivity contribution < 1.29 is 34.4 Å². The number of fused-ring (bicyclic) bond motifs is 5. The van der Waals surface area contributed by atoms with Crippen LogP contribution in [0, 0.1) is 17.3 Å². The maximum Gasteiger partial charge on any atom is 0.223 e. The predicted molar refractivity (Wildman–Crippen MR) is 122 cm³/mol. The molecule has 0 unspecified atom stereocenters. The van der Waals surface area contributed by atoms with Gasteiger partial charge in [-0.15, -0.1) is 0 Å². The topological polar surface area (TPSA) is 125 Å². The highest BCUT2D eigenvalue weighted by Gasteiger charge is 2.54. The van der Waals surface area contributed by atoms with Crippen LogP contribution in [-0.2, 0) is 20.7 Å². The Bertz CT molecular complexity index is 966. The van der Waals surface area contributed by atoms with E-state index in [1.807, 2.05) is 12.1 Å². The first-order valence-corrected chi connectivity index (χ1v) is 12.4. The molecule has 186 valence electrons. The average Bonchev–Trinajstić information content (AvgIpc) is 3.12. The van der Waals surface area contributed by atoms with Gasteiger partial charge in [0.15, 0.2) is 0 Å². The number of Topliss-reactive ketones (excluding diaryl/α,β-unsaturated/α-hetero) is 1. The molecule has 9 atom stereocenters. The molecule has 4 aliphatic rings. The lowest BCUT2D eigenvalue weighted by molar-refractivity contribution is -0.244. The number of ether oxygens (including phenoxy) is 2. The molecule has 0 spiro atoms. The molecule has 1 amide bonds. The van der Waals surface area contributed by atoms with Crippen molar-refractivity contribution in [3.05, 3.63) is 29.3 Å². The third-order valence-electron chi connectivity index (χ3n) is 8.91. The van der Waals surface area contributed by atoms with E-state index in [2.05, 4.69) is 18.3 Å². The lowest BCUT2D eigenvalue weighted by atomic mass is 9.55. The molecule has 1 aromatic rings. The quantitative estimate of drug-likeness (QED) is 0.521. The van der Waals surface area contributed by atoms with Crippen molar-refractivity contribution in [1.82, 2.24) is 5.32 Å². The second kappa shape index (κ2) is 8.90. The molecule has 2 saturated carbocycles. The Labute approximate surface area is 199 Å². The number of aliphatic hydroxyl groups excluding tert-OH is 3. The summed E-state index contributed by atoms with van der Waals surface area (Å²) in [6.07, 6.45) is 0.902. The van der Waals surface area contributed by atoms with E-state index in [0.717, 1.165) is 38.5 Å². The fourth-order valence-corrected chi connectivity index (χ4v) is 7.11. The number of aliphatic hydroxyl groups is 3. The Hall–Kier alpha value is -2.00. The number of carbonyl (C=O) groups excluding carboxylic acids is 2. The number of ketones is 1. The number of amides is 1. The zero-order valence-electron chi connectivity index (χ0n) is 19.8. The van der Waals surface area contributed by atoms with Crippen LogP contribution >= 0.6 is 0 Å². The summed E-state index contributed by atoms with van der Waals surface area (Å²) in [4.78, 5) is 24.2. The fourth-order valence-electron chi connectivity index (χ4n) is 7.11. The van der Waals surface area contributed by atoms with E-state index < -0.39 is 37.3 Å². The van der Waals surface area contributed by atoms with Gasteiger partial charge in [0.05, 0.1) is 6.61 Å². The molecule has 1 saturated heterocycles. The molecule has 0 aromatic heterocycles. The van der Waals surface area contributed by atoms with E-state index in [1.165, 1.54) is 18.1 Å². The van der Waals surface area contributed by atoms with Crippen LogP contribution in [0.4, 0.5) is 0 Å². The van der Waals surface area contributed by atoms with Crippen LogP contribution in [0.15, 0.2) is 18.2 Å². The standard InChI is InChI=1S/C26H35NO7/c1-13(29)27-22-24(32)23(31)20(12-28)34-25(22)33-15-4-6-16-14(11-15)3-5-18-17(16)9-10-26(2)19(18)7-8-21(26)30/h4,6,11,17-20,22-25,28,31-32H,3,5,7-10,12H2,1-2H3,(H,27,29)/t17-,18-,19-,20-,22+,23+,24+,25-,26+/m1/s1. The SMILES string of the molecule is CC(=O)N[C@@H]1[C@H](Oc2ccc3c(c2)CC[C@@H]2[C@@H]3CC[C@]3(C)C(=O)CC[C@H]23)O[C@H](CO)[C@H](O)[C@H]1O. The van der Waals surface area contributed by atoms with E-state index in [0.29, 0.717) is 29.3 Å². The van der Waals surface area contributed by atoms with Crippen LogP contribution in [0.25, 0.3) is 0 Å². The number of hydrogen-bond donors (Lipinski definition) is 4. The van der Waals surface area contributed by atoms with Gasteiger partial charge in [0.25, 0.3) is 0 Å². The summed E-state index contributed by atoms with van der Waals surface area (Å²) in [5.41, 5.74) is 2.41. The molecule has 34 heavy (non-hydrogen) atoms. The van der Waals surface area contributed by atoms with E-state index >= 15 is 0 Å². The van der Waals surface area contributed by atoms with Crippen molar-refractivity contribution in [2.45, 2.75) is 88.9 Å². The van der Waals surface area contributed by atoms with E-state index in [4.69, 9.17) is 9.47 Å². The molecule has 3 fully saturated rings. The van der Waals surface area contributed by atoms with Gasteiger partial charge >= 0.3 is 0 Å². The van der Waals surface area contributed by atoms with Crippen LogP contribution in [0.2, 0.25) is 0 Å². The molecule has 5 rings (SSSR count). The molecule has 1 aromatic carbocycles. The van der Waals surface area contributed by atoms with Crippen LogP contribution in [0.3, 0.4) is 0 Å². The van der Waals surface area contributed by atoms with Gasteiger partial charge in [-0.25, -0.2) is 0 Å². The summed E-state index contributed by atoms with van der Waals surface area (Å²) in [5, 5.41) is 32.9. The van der Waals surface area contributed by atoms with Gasteiger partial charge in [-0.3, -0.25) is 9.59 Å². The largest absolute Gasteiger partial charge is 0.463 e. The van der Waals surface area contributed by atoms with Gasteiger partial charge in [-0.1, -0.05) is 13.0 Å². The molecule has 0 bridgehead atoms. The van der Waals surface area contributed by atoms with Crippen molar-refractivity contribution >= 4 is 11.7 Å². The van der Waals surface area contributed by atoms with E-state index in [9.17, 15) is 24.9 Å².